The van der Waals surface area contributed by atoms with Crippen molar-refractivity contribution >= 4 is 17.4 Å². The van der Waals surface area contributed by atoms with E-state index in [1.54, 1.807) is 0 Å². The highest BCUT2D eigenvalue weighted by atomic mass is 16.2. The molecule has 1 aliphatic rings. The molecule has 0 unspecified atom stereocenters. The van der Waals surface area contributed by atoms with Crippen LogP contribution >= 0.6 is 0 Å². The third kappa shape index (κ3) is 3.31. The minimum absolute atomic E-state index is 0.00258. The predicted molar refractivity (Wildman–Crippen MR) is 106 cm³/mol. The Labute approximate surface area is 158 Å². The molecule has 2 heterocycles. The highest BCUT2D eigenvalue weighted by Gasteiger charge is 2.32. The Hall–Kier alpha value is -3.14. The van der Waals surface area contributed by atoms with Gasteiger partial charge in [-0.25, -0.2) is 0 Å². The van der Waals surface area contributed by atoms with E-state index in [4.69, 9.17) is 0 Å². The molecule has 0 saturated heterocycles. The van der Waals surface area contributed by atoms with E-state index in [2.05, 4.69) is 11.4 Å². The molecule has 4 nitrogen and oxygen atoms in total. The van der Waals surface area contributed by atoms with Gasteiger partial charge in [-0.05, 0) is 55.7 Å². The fraction of sp³-hybridized carbons (Fsp3) is 0.217. The van der Waals surface area contributed by atoms with E-state index < -0.39 is 0 Å². The number of nitrogens with zero attached hydrogens (tertiary/aromatic N) is 1. The van der Waals surface area contributed by atoms with Gasteiger partial charge in [0.2, 0.25) is 11.7 Å². The van der Waals surface area contributed by atoms with Gasteiger partial charge in [0, 0.05) is 23.5 Å². The van der Waals surface area contributed by atoms with E-state index in [1.165, 1.54) is 0 Å². The number of rotatable bonds is 4. The molecule has 4 heteroatoms. The van der Waals surface area contributed by atoms with Gasteiger partial charge in [-0.1, -0.05) is 36.4 Å². The van der Waals surface area contributed by atoms with Gasteiger partial charge in [0.25, 0.3) is 0 Å². The van der Waals surface area contributed by atoms with Crippen LogP contribution < -0.4 is 5.32 Å². The van der Waals surface area contributed by atoms with Crippen molar-refractivity contribution in [3.63, 3.8) is 0 Å². The smallest absolute Gasteiger partial charge is 0.233 e. The van der Waals surface area contributed by atoms with Crippen molar-refractivity contribution in [3.05, 3.63) is 88.7 Å². The maximum absolute atomic E-state index is 12.8. The molecular formula is C23H22N2O2. The lowest BCUT2D eigenvalue weighted by Gasteiger charge is -2.12. The molecule has 1 aliphatic heterocycles. The van der Waals surface area contributed by atoms with Gasteiger partial charge in [0.05, 0.1) is 11.6 Å². The zero-order chi connectivity index (χ0) is 19.0. The summed E-state index contributed by atoms with van der Waals surface area (Å²) in [6.45, 7) is 4.72. The van der Waals surface area contributed by atoms with Crippen LogP contribution in [0.2, 0.25) is 0 Å². The van der Waals surface area contributed by atoms with E-state index in [9.17, 15) is 9.59 Å². The molecule has 1 atom stereocenters. The second-order valence-corrected chi connectivity index (χ2v) is 7.20. The summed E-state index contributed by atoms with van der Waals surface area (Å²) in [7, 11) is 0. The summed E-state index contributed by atoms with van der Waals surface area (Å²) in [5.41, 5.74) is 5.30. The first-order valence-electron chi connectivity index (χ1n) is 9.21. The highest BCUT2D eigenvalue weighted by molar-refractivity contribution is 6.08. The van der Waals surface area contributed by atoms with E-state index in [1.807, 2.05) is 73.0 Å². The van der Waals surface area contributed by atoms with Gasteiger partial charge in [-0.15, -0.1) is 0 Å². The van der Waals surface area contributed by atoms with Crippen LogP contribution in [-0.2, 0) is 11.3 Å². The fourth-order valence-corrected chi connectivity index (χ4v) is 3.92. The molecule has 27 heavy (non-hydrogen) atoms. The van der Waals surface area contributed by atoms with Gasteiger partial charge >= 0.3 is 0 Å². The molecule has 0 bridgehead atoms. The van der Waals surface area contributed by atoms with E-state index in [0.717, 1.165) is 22.5 Å². The quantitative estimate of drug-likeness (QED) is 0.700. The zero-order valence-corrected chi connectivity index (χ0v) is 15.5. The van der Waals surface area contributed by atoms with Crippen LogP contribution in [0.5, 0.6) is 0 Å². The van der Waals surface area contributed by atoms with Crippen molar-refractivity contribution in [2.24, 2.45) is 0 Å². The number of hydrogen-bond donors (Lipinski definition) is 1. The minimum atomic E-state index is -0.233. The van der Waals surface area contributed by atoms with Crippen LogP contribution in [0.25, 0.3) is 0 Å². The number of nitrogens with one attached hydrogen (secondary N) is 1. The largest absolute Gasteiger partial charge is 0.341 e. The summed E-state index contributed by atoms with van der Waals surface area (Å²) < 4.78 is 1.99. The second kappa shape index (κ2) is 6.88. The van der Waals surface area contributed by atoms with E-state index in [0.29, 0.717) is 24.2 Å². The molecule has 0 spiro atoms. The van der Waals surface area contributed by atoms with Crippen LogP contribution in [0.3, 0.4) is 0 Å². The summed E-state index contributed by atoms with van der Waals surface area (Å²) in [6, 6.07) is 19.0. The zero-order valence-electron chi connectivity index (χ0n) is 15.5. The lowest BCUT2D eigenvalue weighted by molar-refractivity contribution is -0.117. The fourth-order valence-electron chi connectivity index (χ4n) is 3.92. The second-order valence-electron chi connectivity index (χ2n) is 7.20. The molecule has 1 amide bonds. The van der Waals surface area contributed by atoms with Crippen LogP contribution in [0.15, 0.2) is 60.7 Å². The van der Waals surface area contributed by atoms with Gasteiger partial charge in [-0.3, -0.25) is 9.59 Å². The summed E-state index contributed by atoms with van der Waals surface area (Å²) in [6.07, 6.45) is 0.710. The maximum Gasteiger partial charge on any atom is 0.233 e. The Morgan fingerprint density at radius 2 is 1.67 bits per heavy atom. The number of ketones is 1. The average Bonchev–Trinajstić information content (AvgIpc) is 3.22. The maximum atomic E-state index is 12.8. The van der Waals surface area contributed by atoms with Gasteiger partial charge in [0.1, 0.15) is 0 Å². The number of benzene rings is 2. The number of aromatic nitrogens is 1. The first-order chi connectivity index (χ1) is 13.0. The van der Waals surface area contributed by atoms with Crippen LogP contribution in [0.4, 0.5) is 5.69 Å². The monoisotopic (exact) mass is 358 g/mol. The standard InChI is InChI=1S/C23H22N2O2/c1-15-12-16(2)14-18(13-15)24-23(27)19-10-11-25-20(19)8-9-21(25)22(26)17-6-4-3-5-7-17/h3-9,12-14,19H,10-11H2,1-2H3,(H,24,27)/t19-/m0/s1. The van der Waals surface area contributed by atoms with Gasteiger partial charge in [0.15, 0.2) is 0 Å². The van der Waals surface area contributed by atoms with Crippen molar-refractivity contribution < 1.29 is 9.59 Å². The van der Waals surface area contributed by atoms with Crippen molar-refractivity contribution in [2.45, 2.75) is 32.7 Å². The van der Waals surface area contributed by atoms with Crippen molar-refractivity contribution in [1.82, 2.24) is 4.57 Å². The number of aryl methyl sites for hydroxylation is 2. The number of fused-ring (bicyclic) bond motifs is 1. The number of amides is 1. The summed E-state index contributed by atoms with van der Waals surface area (Å²) in [4.78, 5) is 25.6. The lowest BCUT2D eigenvalue weighted by Crippen LogP contribution is -2.19. The Morgan fingerprint density at radius 3 is 2.37 bits per heavy atom. The van der Waals surface area contributed by atoms with Crippen LogP contribution in [0, 0.1) is 13.8 Å². The van der Waals surface area contributed by atoms with Crippen molar-refractivity contribution in [2.75, 3.05) is 5.32 Å². The highest BCUT2D eigenvalue weighted by Crippen LogP contribution is 2.32. The van der Waals surface area contributed by atoms with Gasteiger partial charge in [-0.2, -0.15) is 0 Å². The molecule has 0 radical (unpaired) electrons. The summed E-state index contributed by atoms with van der Waals surface area (Å²) in [5, 5.41) is 3.04. The van der Waals surface area contributed by atoms with Crippen LogP contribution in [0.1, 0.15) is 45.2 Å². The predicted octanol–water partition coefficient (Wildman–Crippen LogP) is 4.46. The SMILES string of the molecule is Cc1cc(C)cc(NC(=O)[C@H]2CCn3c(C(=O)c4ccccc4)ccc32)c1. The molecule has 1 N–H and O–H groups in total. The average molecular weight is 358 g/mol. The van der Waals surface area contributed by atoms with Crippen molar-refractivity contribution in [1.29, 1.82) is 0 Å². The normalized spacial score (nSPS) is 15.4. The van der Waals surface area contributed by atoms with Crippen molar-refractivity contribution in [3.8, 4) is 0 Å². The Bertz CT molecular complexity index is 998. The first-order valence-corrected chi connectivity index (χ1v) is 9.21. The molecule has 136 valence electrons. The number of anilines is 1. The number of carbonyl (C=O) groups excluding carboxylic acids is 2. The molecular weight excluding hydrogens is 336 g/mol. The number of hydrogen-bond acceptors (Lipinski definition) is 2. The lowest BCUT2D eigenvalue weighted by atomic mass is 10.0. The van der Waals surface area contributed by atoms with E-state index in [-0.39, 0.29) is 17.6 Å². The van der Waals surface area contributed by atoms with E-state index >= 15 is 0 Å². The number of carbonyl (C=O) groups is 2. The Morgan fingerprint density at radius 1 is 0.963 bits per heavy atom. The molecule has 1 aromatic heterocycles. The topological polar surface area (TPSA) is 51.1 Å². The van der Waals surface area contributed by atoms with Crippen LogP contribution in [-0.4, -0.2) is 16.3 Å². The van der Waals surface area contributed by atoms with Gasteiger partial charge < -0.3 is 9.88 Å². The summed E-state index contributed by atoms with van der Waals surface area (Å²) >= 11 is 0. The molecule has 3 aromatic rings. The molecule has 0 fully saturated rings. The third-order valence-electron chi connectivity index (χ3n) is 5.09. The molecule has 0 saturated carbocycles. The summed E-state index contributed by atoms with van der Waals surface area (Å²) in [5.74, 6) is -0.254. The first kappa shape index (κ1) is 17.3. The molecule has 0 aliphatic carbocycles. The molecule has 2 aromatic carbocycles. The third-order valence-corrected chi connectivity index (χ3v) is 5.09. The Balaban J connectivity index is 1.56. The Kier molecular flexibility index (Phi) is 4.40. The molecule has 4 rings (SSSR count). The minimum Gasteiger partial charge on any atom is -0.341 e.